The van der Waals surface area contributed by atoms with E-state index in [2.05, 4.69) is 4.74 Å². The third kappa shape index (κ3) is 2.30. The zero-order chi connectivity index (χ0) is 10.4. The minimum absolute atomic E-state index is 0.00704. The molecule has 0 saturated carbocycles. The van der Waals surface area contributed by atoms with E-state index in [1.54, 1.807) is 24.3 Å². The van der Waals surface area contributed by atoms with E-state index in [4.69, 9.17) is 5.84 Å². The lowest BCUT2D eigenvalue weighted by molar-refractivity contribution is 0.0950. The van der Waals surface area contributed by atoms with Gasteiger partial charge in [0, 0.05) is 11.1 Å². The maximum atomic E-state index is 11.2. The van der Waals surface area contributed by atoms with Crippen molar-refractivity contribution in [3.8, 4) is 0 Å². The quantitative estimate of drug-likeness (QED) is 0.396. The van der Waals surface area contributed by atoms with Crippen molar-refractivity contribution in [3.05, 3.63) is 35.4 Å². The third-order valence-electron chi connectivity index (χ3n) is 1.68. The minimum atomic E-state index is -0.421. The Balaban J connectivity index is 2.90. The number of amides is 1. The number of hydrazine groups is 1. The molecule has 14 heavy (non-hydrogen) atoms. The molecule has 0 atom stereocenters. The molecule has 0 heterocycles. The molecule has 1 radical (unpaired) electrons. The van der Waals surface area contributed by atoms with Crippen LogP contribution in [0.4, 0.5) is 0 Å². The average molecular weight is 193 g/mol. The van der Waals surface area contributed by atoms with Gasteiger partial charge in [-0.25, -0.2) is 10.6 Å². The van der Waals surface area contributed by atoms with Gasteiger partial charge in [0.2, 0.25) is 0 Å². The standard InChI is InChI=1S/C9H9N2O3/c10-11-9(13)8-4-2-1-3-7(8)5-14-6-12/h1-4H,5,10H2,(H,11,13). The highest BCUT2D eigenvalue weighted by molar-refractivity contribution is 5.95. The van der Waals surface area contributed by atoms with Gasteiger partial charge in [-0.15, -0.1) is 0 Å². The second-order valence-corrected chi connectivity index (χ2v) is 2.50. The van der Waals surface area contributed by atoms with Gasteiger partial charge < -0.3 is 4.74 Å². The van der Waals surface area contributed by atoms with E-state index < -0.39 is 5.91 Å². The summed E-state index contributed by atoms with van der Waals surface area (Å²) in [6.07, 6.45) is 0. The molecular formula is C9H9N2O3. The first-order valence-corrected chi connectivity index (χ1v) is 3.87. The van der Waals surface area contributed by atoms with Gasteiger partial charge in [0.05, 0.1) is 0 Å². The number of nitrogens with two attached hydrogens (primary N) is 1. The van der Waals surface area contributed by atoms with Crippen LogP contribution in [0.25, 0.3) is 0 Å². The number of nitrogen functional groups attached to an aromatic ring is 1. The molecule has 0 unspecified atom stereocenters. The van der Waals surface area contributed by atoms with E-state index in [9.17, 15) is 9.59 Å². The molecule has 0 fully saturated rings. The first-order chi connectivity index (χ1) is 6.79. The summed E-state index contributed by atoms with van der Waals surface area (Å²) < 4.78 is 4.43. The first kappa shape index (κ1) is 10.2. The SMILES string of the molecule is NNC(=O)c1ccccc1CO[C]=O. The van der Waals surface area contributed by atoms with Crippen LogP contribution in [-0.4, -0.2) is 12.4 Å². The Kier molecular flexibility index (Phi) is 3.63. The van der Waals surface area contributed by atoms with E-state index in [-0.39, 0.29) is 6.61 Å². The topological polar surface area (TPSA) is 81.4 Å². The lowest BCUT2D eigenvalue weighted by Crippen LogP contribution is -2.30. The number of carbonyl (C=O) groups excluding carboxylic acids is 2. The second-order valence-electron chi connectivity index (χ2n) is 2.50. The molecule has 0 saturated heterocycles. The lowest BCUT2D eigenvalue weighted by Gasteiger charge is -2.05. The van der Waals surface area contributed by atoms with Crippen molar-refractivity contribution in [2.75, 3.05) is 0 Å². The molecule has 0 aromatic heterocycles. The maximum absolute atomic E-state index is 11.2. The fraction of sp³-hybridized carbons (Fsp3) is 0.111. The van der Waals surface area contributed by atoms with Crippen LogP contribution < -0.4 is 11.3 Å². The maximum Gasteiger partial charge on any atom is 0.417 e. The molecular weight excluding hydrogens is 184 g/mol. The summed E-state index contributed by atoms with van der Waals surface area (Å²) in [5.41, 5.74) is 2.97. The molecule has 0 spiro atoms. The summed E-state index contributed by atoms with van der Waals surface area (Å²) >= 11 is 0. The Labute approximate surface area is 80.8 Å². The van der Waals surface area contributed by atoms with Gasteiger partial charge in [0.15, 0.2) is 0 Å². The van der Waals surface area contributed by atoms with E-state index in [1.165, 1.54) is 6.47 Å². The highest BCUT2D eigenvalue weighted by atomic mass is 16.5. The average Bonchev–Trinajstić information content (AvgIpc) is 2.25. The van der Waals surface area contributed by atoms with Gasteiger partial charge in [0.1, 0.15) is 6.61 Å². The van der Waals surface area contributed by atoms with Gasteiger partial charge >= 0.3 is 6.47 Å². The molecule has 73 valence electrons. The lowest BCUT2D eigenvalue weighted by atomic mass is 10.1. The van der Waals surface area contributed by atoms with Crippen LogP contribution in [0.1, 0.15) is 15.9 Å². The van der Waals surface area contributed by atoms with Crippen molar-refractivity contribution in [3.63, 3.8) is 0 Å². The third-order valence-corrected chi connectivity index (χ3v) is 1.68. The molecule has 1 aromatic carbocycles. The van der Waals surface area contributed by atoms with Gasteiger partial charge in [-0.1, -0.05) is 18.2 Å². The first-order valence-electron chi connectivity index (χ1n) is 3.87. The zero-order valence-electron chi connectivity index (χ0n) is 7.32. The van der Waals surface area contributed by atoms with E-state index in [0.717, 1.165) is 0 Å². The highest BCUT2D eigenvalue weighted by Gasteiger charge is 2.08. The smallest absolute Gasteiger partial charge is 0.417 e. The van der Waals surface area contributed by atoms with Crippen LogP contribution in [0.5, 0.6) is 0 Å². The van der Waals surface area contributed by atoms with Crippen LogP contribution in [0.15, 0.2) is 24.3 Å². The predicted molar refractivity (Wildman–Crippen MR) is 48.6 cm³/mol. The van der Waals surface area contributed by atoms with Crippen molar-refractivity contribution in [2.24, 2.45) is 5.84 Å². The van der Waals surface area contributed by atoms with E-state index in [1.807, 2.05) is 5.43 Å². The largest absolute Gasteiger partial charge is 0.452 e. The molecule has 5 nitrogen and oxygen atoms in total. The van der Waals surface area contributed by atoms with Crippen molar-refractivity contribution in [1.82, 2.24) is 5.43 Å². The Morgan fingerprint density at radius 2 is 2.21 bits per heavy atom. The summed E-state index contributed by atoms with van der Waals surface area (Å²) in [7, 11) is 0. The highest BCUT2D eigenvalue weighted by Crippen LogP contribution is 2.09. The van der Waals surface area contributed by atoms with Gasteiger partial charge in [-0.3, -0.25) is 10.2 Å². The van der Waals surface area contributed by atoms with Crippen LogP contribution in [0.3, 0.4) is 0 Å². The molecule has 1 rings (SSSR count). The fourth-order valence-corrected chi connectivity index (χ4v) is 1.05. The number of benzene rings is 1. The van der Waals surface area contributed by atoms with Crippen molar-refractivity contribution < 1.29 is 14.3 Å². The summed E-state index contributed by atoms with van der Waals surface area (Å²) in [6.45, 7) is 1.29. The minimum Gasteiger partial charge on any atom is -0.452 e. The van der Waals surface area contributed by atoms with E-state index in [0.29, 0.717) is 11.1 Å². The molecule has 0 bridgehead atoms. The van der Waals surface area contributed by atoms with Gasteiger partial charge in [-0.05, 0) is 6.07 Å². The Hall–Kier alpha value is -1.88. The number of rotatable bonds is 4. The van der Waals surface area contributed by atoms with Crippen molar-refractivity contribution >= 4 is 12.4 Å². The summed E-state index contributed by atoms with van der Waals surface area (Å²) in [6, 6.07) is 6.68. The molecule has 5 heteroatoms. The monoisotopic (exact) mass is 193 g/mol. The molecule has 1 amide bonds. The van der Waals surface area contributed by atoms with Crippen LogP contribution >= 0.6 is 0 Å². The van der Waals surface area contributed by atoms with Crippen LogP contribution in [0, 0.1) is 0 Å². The number of hydrogen-bond donors (Lipinski definition) is 2. The Morgan fingerprint density at radius 1 is 1.50 bits per heavy atom. The number of carbonyl (C=O) groups is 1. The van der Waals surface area contributed by atoms with Crippen molar-refractivity contribution in [2.45, 2.75) is 6.61 Å². The number of nitrogens with one attached hydrogen (secondary N) is 1. The van der Waals surface area contributed by atoms with Gasteiger partial charge in [-0.2, -0.15) is 0 Å². The normalized spacial score (nSPS) is 9.21. The zero-order valence-corrected chi connectivity index (χ0v) is 7.32. The Bertz CT molecular complexity index is 339. The molecule has 1 aromatic rings. The molecule has 0 aliphatic carbocycles. The summed E-state index contributed by atoms with van der Waals surface area (Å²) in [5, 5.41) is 0. The van der Waals surface area contributed by atoms with Crippen LogP contribution in [0.2, 0.25) is 0 Å². The predicted octanol–water partition coefficient (Wildman–Crippen LogP) is -0.126. The Morgan fingerprint density at radius 3 is 2.86 bits per heavy atom. The van der Waals surface area contributed by atoms with E-state index >= 15 is 0 Å². The van der Waals surface area contributed by atoms with Gasteiger partial charge in [0.25, 0.3) is 5.91 Å². The second kappa shape index (κ2) is 4.98. The summed E-state index contributed by atoms with van der Waals surface area (Å²) in [5.74, 6) is 4.56. The number of ether oxygens (including phenoxy) is 1. The summed E-state index contributed by atoms with van der Waals surface area (Å²) in [4.78, 5) is 21.1. The molecule has 3 N–H and O–H groups in total. The van der Waals surface area contributed by atoms with Crippen LogP contribution in [-0.2, 0) is 16.1 Å². The van der Waals surface area contributed by atoms with Crippen molar-refractivity contribution in [1.29, 1.82) is 0 Å². The fourth-order valence-electron chi connectivity index (χ4n) is 1.05. The molecule has 0 aliphatic heterocycles. The molecule has 0 aliphatic rings. The number of hydrogen-bond acceptors (Lipinski definition) is 4.